The molecule has 0 aliphatic heterocycles. The standard InChI is InChI=1S/C3H2INS2/c4-7-3-1-6-2-5-3/h1-2H. The first-order chi connectivity index (χ1) is 3.43. The third kappa shape index (κ3) is 1.58. The van der Waals surface area contributed by atoms with Crippen molar-refractivity contribution in [3.8, 4) is 0 Å². The van der Waals surface area contributed by atoms with E-state index in [2.05, 4.69) is 26.2 Å². The molecule has 0 fully saturated rings. The number of hydrogen-bond donors (Lipinski definition) is 0. The third-order valence-corrected chi connectivity index (χ3v) is 2.96. The van der Waals surface area contributed by atoms with Crippen molar-refractivity contribution in [2.24, 2.45) is 0 Å². The Morgan fingerprint density at radius 3 is 3.00 bits per heavy atom. The average molecular weight is 243 g/mol. The summed E-state index contributed by atoms with van der Waals surface area (Å²) in [7, 11) is 1.64. The van der Waals surface area contributed by atoms with Crippen LogP contribution in [0.4, 0.5) is 0 Å². The van der Waals surface area contributed by atoms with Crippen LogP contribution in [0.5, 0.6) is 0 Å². The summed E-state index contributed by atoms with van der Waals surface area (Å²) in [4.78, 5) is 4.01. The van der Waals surface area contributed by atoms with Gasteiger partial charge in [0, 0.05) is 26.6 Å². The summed E-state index contributed by atoms with van der Waals surface area (Å²) in [5.41, 5.74) is 1.83. The van der Waals surface area contributed by atoms with Crippen LogP contribution < -0.4 is 0 Å². The summed E-state index contributed by atoms with van der Waals surface area (Å²) in [5, 5.41) is 3.13. The number of hydrogen-bond acceptors (Lipinski definition) is 3. The van der Waals surface area contributed by atoms with Crippen LogP contribution >= 0.6 is 41.5 Å². The van der Waals surface area contributed by atoms with Crippen molar-refractivity contribution in [1.82, 2.24) is 4.98 Å². The molecule has 0 saturated carbocycles. The molecule has 0 spiro atoms. The van der Waals surface area contributed by atoms with Crippen LogP contribution in [0, 0.1) is 0 Å². The molecule has 0 bridgehead atoms. The quantitative estimate of drug-likeness (QED) is 0.703. The van der Waals surface area contributed by atoms with Crippen LogP contribution in [0.15, 0.2) is 15.9 Å². The van der Waals surface area contributed by atoms with Crippen molar-refractivity contribution in [3.63, 3.8) is 0 Å². The van der Waals surface area contributed by atoms with Gasteiger partial charge in [-0.1, -0.05) is 0 Å². The van der Waals surface area contributed by atoms with Gasteiger partial charge in [0.15, 0.2) is 0 Å². The highest BCUT2D eigenvalue weighted by Crippen LogP contribution is 2.23. The second-order valence-electron chi connectivity index (χ2n) is 0.904. The first-order valence-electron chi connectivity index (χ1n) is 1.60. The molecule has 0 saturated heterocycles. The highest BCUT2D eigenvalue weighted by atomic mass is 127. The van der Waals surface area contributed by atoms with E-state index < -0.39 is 0 Å². The molecular weight excluding hydrogens is 241 g/mol. The van der Waals surface area contributed by atoms with Gasteiger partial charge >= 0.3 is 0 Å². The van der Waals surface area contributed by atoms with Gasteiger partial charge < -0.3 is 0 Å². The predicted octanol–water partition coefficient (Wildman–Crippen LogP) is 2.59. The van der Waals surface area contributed by atoms with Crippen molar-refractivity contribution in [2.45, 2.75) is 5.03 Å². The number of thiazole rings is 1. The lowest BCUT2D eigenvalue weighted by Gasteiger charge is -1.74. The molecule has 1 rings (SSSR count). The monoisotopic (exact) mass is 243 g/mol. The minimum atomic E-state index is 1.10. The normalized spacial score (nSPS) is 9.29. The van der Waals surface area contributed by atoms with Crippen LogP contribution in [-0.4, -0.2) is 4.98 Å². The first-order valence-corrected chi connectivity index (χ1v) is 5.90. The Morgan fingerprint density at radius 2 is 2.71 bits per heavy atom. The molecule has 1 aromatic rings. The van der Waals surface area contributed by atoms with Gasteiger partial charge in [0.05, 0.1) is 5.51 Å². The molecule has 7 heavy (non-hydrogen) atoms. The molecule has 0 unspecified atom stereocenters. The molecule has 0 aliphatic rings. The van der Waals surface area contributed by atoms with Gasteiger partial charge in [-0.2, -0.15) is 0 Å². The second-order valence-corrected chi connectivity index (χ2v) is 3.52. The van der Waals surface area contributed by atoms with Crippen molar-refractivity contribution in [1.29, 1.82) is 0 Å². The Labute approximate surface area is 62.1 Å². The van der Waals surface area contributed by atoms with E-state index in [-0.39, 0.29) is 0 Å². The molecule has 0 radical (unpaired) electrons. The van der Waals surface area contributed by atoms with Gasteiger partial charge in [-0.15, -0.1) is 11.3 Å². The summed E-state index contributed by atoms with van der Waals surface area (Å²) < 4.78 is 0. The van der Waals surface area contributed by atoms with Gasteiger partial charge in [-0.05, 0) is 8.93 Å². The predicted molar refractivity (Wildman–Crippen MR) is 42.0 cm³/mol. The molecule has 1 heterocycles. The second kappa shape index (κ2) is 2.88. The average Bonchev–Trinajstić information content (AvgIpc) is 2.14. The SMILES string of the molecule is ISc1cscn1. The largest absolute Gasteiger partial charge is 0.238 e. The van der Waals surface area contributed by atoms with E-state index in [1.54, 1.807) is 20.3 Å². The van der Waals surface area contributed by atoms with Crippen molar-refractivity contribution in [3.05, 3.63) is 10.9 Å². The number of nitrogens with zero attached hydrogens (tertiary/aromatic N) is 1. The molecule has 0 amide bonds. The van der Waals surface area contributed by atoms with E-state index in [1.165, 1.54) is 0 Å². The summed E-state index contributed by atoms with van der Waals surface area (Å²) in [5.74, 6) is 0. The molecule has 38 valence electrons. The third-order valence-electron chi connectivity index (χ3n) is 0.489. The van der Waals surface area contributed by atoms with Crippen LogP contribution in [-0.2, 0) is 0 Å². The lowest BCUT2D eigenvalue weighted by molar-refractivity contribution is 1.21. The smallest absolute Gasteiger partial charge is 0.117 e. The molecule has 0 N–H and O–H groups in total. The van der Waals surface area contributed by atoms with E-state index in [0.717, 1.165) is 5.03 Å². The number of halogens is 1. The van der Waals surface area contributed by atoms with Gasteiger partial charge in [0.1, 0.15) is 5.03 Å². The highest BCUT2D eigenvalue weighted by Gasteiger charge is 1.86. The highest BCUT2D eigenvalue weighted by molar-refractivity contribution is 14.2. The molecule has 0 aromatic carbocycles. The summed E-state index contributed by atoms with van der Waals surface area (Å²) in [6.45, 7) is 0. The zero-order valence-electron chi connectivity index (χ0n) is 3.30. The first kappa shape index (κ1) is 5.84. The lowest BCUT2D eigenvalue weighted by atomic mass is 11.0. The van der Waals surface area contributed by atoms with E-state index in [1.807, 2.05) is 10.9 Å². The molecular formula is C3H2INS2. The Balaban J connectivity index is 2.76. The number of aromatic nitrogens is 1. The minimum absolute atomic E-state index is 1.10. The van der Waals surface area contributed by atoms with E-state index >= 15 is 0 Å². The minimum Gasteiger partial charge on any atom is -0.238 e. The Hall–Kier alpha value is 0.710. The molecule has 1 aromatic heterocycles. The van der Waals surface area contributed by atoms with Gasteiger partial charge in [-0.3, -0.25) is 0 Å². The van der Waals surface area contributed by atoms with Gasteiger partial charge in [0.25, 0.3) is 0 Å². The van der Waals surface area contributed by atoms with Gasteiger partial charge in [0.2, 0.25) is 0 Å². The maximum absolute atomic E-state index is 4.01. The zero-order chi connectivity index (χ0) is 5.11. The van der Waals surface area contributed by atoms with Crippen LogP contribution in [0.25, 0.3) is 0 Å². The zero-order valence-corrected chi connectivity index (χ0v) is 7.09. The maximum Gasteiger partial charge on any atom is 0.117 e. The fraction of sp³-hybridized carbons (Fsp3) is 0. The van der Waals surface area contributed by atoms with Crippen LogP contribution in [0.3, 0.4) is 0 Å². The maximum atomic E-state index is 4.01. The fourth-order valence-electron chi connectivity index (χ4n) is 0.240. The molecule has 0 aliphatic carbocycles. The number of rotatable bonds is 1. The molecule has 1 nitrogen and oxygen atoms in total. The van der Waals surface area contributed by atoms with E-state index in [9.17, 15) is 0 Å². The summed E-state index contributed by atoms with van der Waals surface area (Å²) >= 11 is 3.84. The van der Waals surface area contributed by atoms with Crippen molar-refractivity contribution < 1.29 is 0 Å². The lowest BCUT2D eigenvalue weighted by Crippen LogP contribution is -1.55. The molecule has 0 atom stereocenters. The Bertz CT molecular complexity index is 127. The Kier molecular flexibility index (Phi) is 2.41. The fourth-order valence-corrected chi connectivity index (χ4v) is 2.40. The van der Waals surface area contributed by atoms with E-state index in [0.29, 0.717) is 0 Å². The van der Waals surface area contributed by atoms with Crippen LogP contribution in [0.2, 0.25) is 0 Å². The van der Waals surface area contributed by atoms with E-state index in [4.69, 9.17) is 0 Å². The topological polar surface area (TPSA) is 12.9 Å². The Morgan fingerprint density at radius 1 is 1.86 bits per heavy atom. The van der Waals surface area contributed by atoms with Crippen molar-refractivity contribution in [2.75, 3.05) is 0 Å². The summed E-state index contributed by atoms with van der Waals surface area (Å²) in [6, 6.07) is 0. The summed E-state index contributed by atoms with van der Waals surface area (Å²) in [6.07, 6.45) is 0. The van der Waals surface area contributed by atoms with Crippen LogP contribution in [0.1, 0.15) is 0 Å². The molecule has 4 heteroatoms. The van der Waals surface area contributed by atoms with Crippen molar-refractivity contribution >= 4 is 41.5 Å². The van der Waals surface area contributed by atoms with Gasteiger partial charge in [-0.25, -0.2) is 4.98 Å².